The number of carbonyl (C=O) groups excluding carboxylic acids is 6. The summed E-state index contributed by atoms with van der Waals surface area (Å²) < 4.78 is 9.03. The molecule has 0 saturated heterocycles. The van der Waals surface area contributed by atoms with Crippen molar-refractivity contribution in [3.8, 4) is 0 Å². The van der Waals surface area contributed by atoms with E-state index in [2.05, 4.69) is 22.9 Å². The fourth-order valence-corrected chi connectivity index (χ4v) is 6.06. The standard InChI is InChI=1S/C37H70N6O6.BClOP/c1-15-18-19-20-28(26(10)44)39-33(45)30(21-23(4)5)43(14)37(49)32(25(8)9)40-34(46)31(22-24(6)7)42(13)36(48)29(17-3)41(12)35(47)27(16-2)38-11;2-4-1-3/h23-25,27-32,38H,15-22H2,1-14H3,(H,39,45)(H,40,46);/q;-1. The van der Waals surface area contributed by atoms with Crippen molar-refractivity contribution in [1.82, 2.24) is 30.7 Å². The molecule has 6 unspecified atom stereocenters. The molecule has 0 aromatic heterocycles. The normalized spacial score (nSPS) is 14.7. The maximum absolute atomic E-state index is 14.1. The first-order chi connectivity index (χ1) is 24.7. The van der Waals surface area contributed by atoms with Gasteiger partial charge in [0.15, 0.2) is 5.78 Å². The molecule has 306 valence electrons. The molecule has 0 aliphatic carbocycles. The van der Waals surface area contributed by atoms with E-state index in [1.807, 2.05) is 55.4 Å². The summed E-state index contributed by atoms with van der Waals surface area (Å²) in [7, 11) is 6.73. The number of hydrogen-bond acceptors (Lipinski definition) is 8. The number of unbranched alkanes of at least 4 members (excludes halogenated alkanes) is 2. The fraction of sp³-hybridized carbons (Fsp3) is 0.838. The minimum absolute atomic E-state index is 0.0424. The SMILES string of the molecule is CCCCCC(NC(=O)C(CC(C)C)N(C)C(=O)C(NC(=O)C(CC(C)C)N(C)C(=O)C(CC)N(C)C(=O)C(CC)NC)C(C)C)C(C)=O.O=B[P-]Cl. The Hall–Kier alpha value is -2.44. The van der Waals surface area contributed by atoms with Crippen molar-refractivity contribution in [1.29, 1.82) is 0 Å². The van der Waals surface area contributed by atoms with Crippen molar-refractivity contribution in [2.24, 2.45) is 17.8 Å². The fourth-order valence-electron chi connectivity index (χ4n) is 6.06. The molecule has 0 spiro atoms. The van der Waals surface area contributed by atoms with Gasteiger partial charge in [0, 0.05) is 21.1 Å². The van der Waals surface area contributed by atoms with Crippen molar-refractivity contribution in [3.05, 3.63) is 0 Å². The molecule has 6 atom stereocenters. The first-order valence-corrected chi connectivity index (χ1v) is 20.9. The first-order valence-electron chi connectivity index (χ1n) is 19.0. The zero-order valence-corrected chi connectivity index (χ0v) is 36.6. The summed E-state index contributed by atoms with van der Waals surface area (Å²) in [6.07, 6.45) is 4.92. The number of nitrogens with zero attached hydrogens (tertiary/aromatic N) is 3. The third-order valence-corrected chi connectivity index (χ3v) is 9.66. The van der Waals surface area contributed by atoms with E-state index in [9.17, 15) is 28.8 Å². The quantitative estimate of drug-likeness (QED) is 0.0713. The Morgan fingerprint density at radius 1 is 0.679 bits per heavy atom. The van der Waals surface area contributed by atoms with Crippen LogP contribution in [0, 0.1) is 17.8 Å². The Balaban J connectivity index is 0. The topological polar surface area (TPSA) is 165 Å². The molecule has 0 aliphatic heterocycles. The van der Waals surface area contributed by atoms with Crippen LogP contribution in [0.2, 0.25) is 0 Å². The van der Waals surface area contributed by atoms with E-state index >= 15 is 0 Å². The molecule has 53 heavy (non-hydrogen) atoms. The van der Waals surface area contributed by atoms with Gasteiger partial charge < -0.3 is 30.7 Å². The van der Waals surface area contributed by atoms with E-state index in [1.54, 1.807) is 28.2 Å². The Labute approximate surface area is 327 Å². The predicted octanol–water partition coefficient (Wildman–Crippen LogP) is 4.81. The number of hydrogen-bond donors (Lipinski definition) is 3. The maximum atomic E-state index is 14.1. The summed E-state index contributed by atoms with van der Waals surface area (Å²) in [6, 6.07) is -4.56. The van der Waals surface area contributed by atoms with Gasteiger partial charge in [-0.3, -0.25) is 28.8 Å². The molecule has 16 heteroatoms. The third kappa shape index (κ3) is 18.6. The molecule has 0 saturated carbocycles. The van der Waals surface area contributed by atoms with Crippen molar-refractivity contribution in [2.45, 2.75) is 157 Å². The van der Waals surface area contributed by atoms with Crippen LogP contribution in [-0.2, 0) is 33.5 Å². The summed E-state index contributed by atoms with van der Waals surface area (Å²) in [5, 5.41) is 8.81. The molecule has 0 aromatic carbocycles. The number of carbonyl (C=O) groups is 6. The average molecular weight is 788 g/mol. The molecular formula is C37H70BClN6O7P-. The van der Waals surface area contributed by atoms with E-state index in [0.29, 0.717) is 46.8 Å². The molecule has 0 aromatic rings. The molecule has 13 nitrogen and oxygen atoms in total. The van der Waals surface area contributed by atoms with Crippen molar-refractivity contribution in [3.63, 3.8) is 0 Å². The van der Waals surface area contributed by atoms with Gasteiger partial charge in [-0.2, -0.15) is 0 Å². The van der Waals surface area contributed by atoms with E-state index in [4.69, 9.17) is 15.9 Å². The number of halogens is 1. The molecule has 0 radical (unpaired) electrons. The second-order valence-electron chi connectivity index (χ2n) is 14.9. The van der Waals surface area contributed by atoms with E-state index in [-0.39, 0.29) is 35.4 Å². The summed E-state index contributed by atoms with van der Waals surface area (Å²) in [4.78, 5) is 85.4. The molecular weight excluding hydrogens is 718 g/mol. The predicted molar refractivity (Wildman–Crippen MR) is 215 cm³/mol. The molecule has 0 rings (SSSR count). The molecule has 0 fully saturated rings. The van der Waals surface area contributed by atoms with Gasteiger partial charge in [0.2, 0.25) is 29.5 Å². The van der Waals surface area contributed by atoms with Crippen LogP contribution < -0.4 is 16.0 Å². The number of Topliss-reactive ketones (excluding diaryl/α,β-unsaturated/α-hetero) is 1. The Bertz CT molecular complexity index is 1160. The van der Waals surface area contributed by atoms with Gasteiger partial charge in [0.1, 0.15) is 24.2 Å². The van der Waals surface area contributed by atoms with Gasteiger partial charge in [-0.25, -0.2) is 0 Å². The second-order valence-corrected chi connectivity index (χ2v) is 15.9. The zero-order chi connectivity index (χ0) is 41.6. The second kappa shape index (κ2) is 28.0. The van der Waals surface area contributed by atoms with Gasteiger partial charge in [0.05, 0.1) is 12.1 Å². The van der Waals surface area contributed by atoms with Crippen LogP contribution in [0.15, 0.2) is 0 Å². The van der Waals surface area contributed by atoms with Gasteiger partial charge >= 0.3 is 30.6 Å². The summed E-state index contributed by atoms with van der Waals surface area (Å²) in [5.41, 5.74) is 0. The third-order valence-electron chi connectivity index (χ3n) is 9.34. The Morgan fingerprint density at radius 3 is 1.49 bits per heavy atom. The van der Waals surface area contributed by atoms with Crippen LogP contribution in [0.4, 0.5) is 0 Å². The number of rotatable bonds is 24. The zero-order valence-electron chi connectivity index (χ0n) is 35.0. The summed E-state index contributed by atoms with van der Waals surface area (Å²) >= 11 is 4.79. The van der Waals surface area contributed by atoms with Crippen LogP contribution >= 0.6 is 19.1 Å². The molecule has 5 amide bonds. The van der Waals surface area contributed by atoms with Crippen molar-refractivity contribution >= 4 is 61.2 Å². The Kier molecular flexibility index (Phi) is 27.9. The molecule has 3 N–H and O–H groups in total. The van der Waals surface area contributed by atoms with Crippen LogP contribution in [0.5, 0.6) is 0 Å². The van der Waals surface area contributed by atoms with Crippen molar-refractivity contribution < 1.29 is 33.5 Å². The van der Waals surface area contributed by atoms with Gasteiger partial charge in [-0.05, 0) is 63.8 Å². The number of ketones is 1. The molecule has 0 bridgehead atoms. The number of amides is 5. The van der Waals surface area contributed by atoms with Gasteiger partial charge in [-0.1, -0.05) is 81.6 Å². The van der Waals surface area contributed by atoms with Crippen LogP contribution in [0.1, 0.15) is 121 Å². The summed E-state index contributed by atoms with van der Waals surface area (Å²) in [5.74, 6) is -2.21. The number of likely N-dealkylation sites (N-methyl/N-ethyl adjacent to an activating group) is 4. The molecule has 0 heterocycles. The number of nitrogens with one attached hydrogen (secondary N) is 3. The van der Waals surface area contributed by atoms with E-state index < -0.39 is 54.0 Å². The Morgan fingerprint density at radius 2 is 1.13 bits per heavy atom. The van der Waals surface area contributed by atoms with Crippen LogP contribution in [0.3, 0.4) is 0 Å². The molecule has 0 aliphatic rings. The van der Waals surface area contributed by atoms with Gasteiger partial charge in [0.25, 0.3) is 0 Å². The van der Waals surface area contributed by atoms with Crippen LogP contribution in [-0.4, -0.2) is 121 Å². The van der Waals surface area contributed by atoms with Crippen LogP contribution in [0.25, 0.3) is 0 Å². The minimum atomic E-state index is -0.974. The van der Waals surface area contributed by atoms with E-state index in [0.717, 1.165) is 19.3 Å². The monoisotopic (exact) mass is 787 g/mol. The van der Waals surface area contributed by atoms with Gasteiger partial charge in [-0.15, -0.1) is 0 Å². The first kappa shape index (κ1) is 52.7. The summed E-state index contributed by atoms with van der Waals surface area (Å²) in [6.45, 7) is 19.3. The average Bonchev–Trinajstić information content (AvgIpc) is 3.10. The van der Waals surface area contributed by atoms with E-state index in [1.165, 1.54) is 21.6 Å². The van der Waals surface area contributed by atoms with Crippen molar-refractivity contribution in [2.75, 3.05) is 28.2 Å².